The Kier molecular flexibility index (Phi) is 9.94. The van der Waals surface area contributed by atoms with E-state index in [9.17, 15) is 0 Å². The maximum atomic E-state index is 8.96. The summed E-state index contributed by atoms with van der Waals surface area (Å²) in [5.41, 5.74) is 0. The molecular weight excluding hydrogens is 162 g/mol. The van der Waals surface area contributed by atoms with Crippen molar-refractivity contribution < 1.29 is 5.11 Å². The summed E-state index contributed by atoms with van der Waals surface area (Å²) < 4.78 is 0. The van der Waals surface area contributed by atoms with Crippen LogP contribution in [0, 0.1) is 0 Å². The van der Waals surface area contributed by atoms with Crippen LogP contribution in [0.3, 0.4) is 0 Å². The van der Waals surface area contributed by atoms with Crippen molar-refractivity contribution in [1.82, 2.24) is 5.32 Å². The maximum absolute atomic E-state index is 8.96. The van der Waals surface area contributed by atoms with Crippen LogP contribution in [0.2, 0.25) is 0 Å². The fourth-order valence-corrected chi connectivity index (χ4v) is 1.34. The van der Waals surface area contributed by atoms with E-state index in [4.69, 9.17) is 5.11 Å². The van der Waals surface area contributed by atoms with E-state index in [2.05, 4.69) is 12.2 Å². The average molecular weight is 187 g/mol. The molecule has 0 saturated carbocycles. The van der Waals surface area contributed by atoms with Gasteiger partial charge < -0.3 is 10.4 Å². The zero-order valence-electron chi connectivity index (χ0n) is 9.18. The van der Waals surface area contributed by atoms with E-state index in [0.717, 1.165) is 13.1 Å². The van der Waals surface area contributed by atoms with Gasteiger partial charge in [0, 0.05) is 6.54 Å². The third-order valence-electron chi connectivity index (χ3n) is 2.15. The lowest BCUT2D eigenvalue weighted by Gasteiger charge is -2.06. The standard InChI is InChI=1S/C11H25NO/c1-3-4-5-6-7-8-9-12-10-11(2)13/h11-13H,3-10H2,1-2H3/t11-/m1/s1. The minimum atomic E-state index is -0.208. The van der Waals surface area contributed by atoms with Gasteiger partial charge in [0.2, 0.25) is 0 Å². The average Bonchev–Trinajstić information content (AvgIpc) is 2.09. The second-order valence-electron chi connectivity index (χ2n) is 3.82. The van der Waals surface area contributed by atoms with Crippen molar-refractivity contribution in [3.05, 3.63) is 0 Å². The smallest absolute Gasteiger partial charge is 0.0636 e. The number of hydrogen-bond donors (Lipinski definition) is 2. The van der Waals surface area contributed by atoms with Gasteiger partial charge in [-0.3, -0.25) is 0 Å². The summed E-state index contributed by atoms with van der Waals surface area (Å²) in [6.07, 6.45) is 7.81. The molecule has 0 aromatic carbocycles. The van der Waals surface area contributed by atoms with E-state index in [1.807, 2.05) is 6.92 Å². The number of hydrogen-bond acceptors (Lipinski definition) is 2. The third-order valence-corrected chi connectivity index (χ3v) is 2.15. The molecule has 0 rings (SSSR count). The molecule has 2 nitrogen and oxygen atoms in total. The summed E-state index contributed by atoms with van der Waals surface area (Å²) in [7, 11) is 0. The van der Waals surface area contributed by atoms with Gasteiger partial charge in [-0.15, -0.1) is 0 Å². The number of rotatable bonds is 9. The van der Waals surface area contributed by atoms with Crippen molar-refractivity contribution in [3.63, 3.8) is 0 Å². The van der Waals surface area contributed by atoms with Crippen LogP contribution in [0.5, 0.6) is 0 Å². The molecule has 0 amide bonds. The van der Waals surface area contributed by atoms with Crippen LogP contribution >= 0.6 is 0 Å². The molecule has 2 N–H and O–H groups in total. The summed E-state index contributed by atoms with van der Waals surface area (Å²) in [6.45, 7) is 5.84. The Balaban J connectivity index is 2.84. The summed E-state index contributed by atoms with van der Waals surface area (Å²) in [5, 5.41) is 12.2. The van der Waals surface area contributed by atoms with E-state index in [1.165, 1.54) is 38.5 Å². The highest BCUT2D eigenvalue weighted by atomic mass is 16.3. The molecule has 80 valence electrons. The first kappa shape index (κ1) is 12.9. The molecule has 0 fully saturated rings. The van der Waals surface area contributed by atoms with E-state index in [1.54, 1.807) is 0 Å². The van der Waals surface area contributed by atoms with Crippen molar-refractivity contribution in [3.8, 4) is 0 Å². The van der Waals surface area contributed by atoms with Crippen molar-refractivity contribution in [2.75, 3.05) is 13.1 Å². The first-order valence-corrected chi connectivity index (χ1v) is 5.66. The molecule has 0 saturated heterocycles. The van der Waals surface area contributed by atoms with Gasteiger partial charge in [-0.25, -0.2) is 0 Å². The zero-order chi connectivity index (χ0) is 9.94. The molecule has 13 heavy (non-hydrogen) atoms. The summed E-state index contributed by atoms with van der Waals surface area (Å²) in [5.74, 6) is 0. The maximum Gasteiger partial charge on any atom is 0.0636 e. The Labute approximate surface area is 82.7 Å². The molecule has 0 radical (unpaired) electrons. The van der Waals surface area contributed by atoms with E-state index in [0.29, 0.717) is 0 Å². The van der Waals surface area contributed by atoms with Crippen LogP contribution in [-0.4, -0.2) is 24.3 Å². The third kappa shape index (κ3) is 11.9. The quantitative estimate of drug-likeness (QED) is 0.543. The van der Waals surface area contributed by atoms with Crippen molar-refractivity contribution in [1.29, 1.82) is 0 Å². The van der Waals surface area contributed by atoms with Gasteiger partial charge in [-0.05, 0) is 19.9 Å². The lowest BCUT2D eigenvalue weighted by molar-refractivity contribution is 0.191. The predicted octanol–water partition coefficient (Wildman–Crippen LogP) is 2.32. The highest BCUT2D eigenvalue weighted by Crippen LogP contribution is 2.03. The van der Waals surface area contributed by atoms with Gasteiger partial charge in [-0.1, -0.05) is 39.0 Å². The van der Waals surface area contributed by atoms with E-state index in [-0.39, 0.29) is 6.10 Å². The number of aliphatic hydroxyl groups excluding tert-OH is 1. The molecule has 0 aliphatic carbocycles. The van der Waals surface area contributed by atoms with E-state index >= 15 is 0 Å². The first-order valence-electron chi connectivity index (χ1n) is 5.66. The van der Waals surface area contributed by atoms with Crippen LogP contribution in [0.15, 0.2) is 0 Å². The predicted molar refractivity (Wildman–Crippen MR) is 57.9 cm³/mol. The van der Waals surface area contributed by atoms with Gasteiger partial charge in [0.1, 0.15) is 0 Å². The van der Waals surface area contributed by atoms with Gasteiger partial charge in [0.15, 0.2) is 0 Å². The highest BCUT2D eigenvalue weighted by Gasteiger charge is 1.93. The largest absolute Gasteiger partial charge is 0.392 e. The van der Waals surface area contributed by atoms with Crippen LogP contribution in [0.25, 0.3) is 0 Å². The molecule has 0 aromatic heterocycles. The Morgan fingerprint density at radius 2 is 1.69 bits per heavy atom. The SMILES string of the molecule is CCCCCCCCNC[C@@H](C)O. The zero-order valence-corrected chi connectivity index (χ0v) is 9.18. The molecule has 0 bridgehead atoms. The molecule has 1 atom stereocenters. The second-order valence-corrected chi connectivity index (χ2v) is 3.82. The van der Waals surface area contributed by atoms with Crippen molar-refractivity contribution in [2.24, 2.45) is 0 Å². The van der Waals surface area contributed by atoms with Crippen LogP contribution < -0.4 is 5.32 Å². The monoisotopic (exact) mass is 187 g/mol. The molecule has 0 aromatic rings. The molecule has 0 aliphatic rings. The Morgan fingerprint density at radius 3 is 2.31 bits per heavy atom. The summed E-state index contributed by atoms with van der Waals surface area (Å²) in [4.78, 5) is 0. The lowest BCUT2D eigenvalue weighted by Crippen LogP contribution is -2.25. The Morgan fingerprint density at radius 1 is 1.08 bits per heavy atom. The van der Waals surface area contributed by atoms with Crippen molar-refractivity contribution in [2.45, 2.75) is 58.5 Å². The number of unbranched alkanes of at least 4 members (excludes halogenated alkanes) is 5. The number of aliphatic hydroxyl groups is 1. The molecule has 0 spiro atoms. The fourth-order valence-electron chi connectivity index (χ4n) is 1.34. The van der Waals surface area contributed by atoms with E-state index < -0.39 is 0 Å². The van der Waals surface area contributed by atoms with Crippen molar-refractivity contribution >= 4 is 0 Å². The number of nitrogens with one attached hydrogen (secondary N) is 1. The molecule has 2 heteroatoms. The normalized spacial score (nSPS) is 13.2. The van der Waals surface area contributed by atoms with Gasteiger partial charge in [0.25, 0.3) is 0 Å². The molecule has 0 aliphatic heterocycles. The van der Waals surface area contributed by atoms with Crippen LogP contribution in [0.4, 0.5) is 0 Å². The Bertz CT molecular complexity index is 94.1. The molecular formula is C11H25NO. The minimum absolute atomic E-state index is 0.208. The molecule has 0 unspecified atom stereocenters. The fraction of sp³-hybridized carbons (Fsp3) is 1.00. The lowest BCUT2D eigenvalue weighted by atomic mass is 10.1. The minimum Gasteiger partial charge on any atom is -0.392 e. The first-order chi connectivity index (χ1) is 6.27. The van der Waals surface area contributed by atoms with Crippen LogP contribution in [0.1, 0.15) is 52.4 Å². The summed E-state index contributed by atoms with van der Waals surface area (Å²) >= 11 is 0. The Hall–Kier alpha value is -0.0800. The highest BCUT2D eigenvalue weighted by molar-refractivity contribution is 4.53. The van der Waals surface area contributed by atoms with Gasteiger partial charge in [0.05, 0.1) is 6.10 Å². The van der Waals surface area contributed by atoms with Gasteiger partial charge in [-0.2, -0.15) is 0 Å². The summed E-state index contributed by atoms with van der Waals surface area (Å²) in [6, 6.07) is 0. The van der Waals surface area contributed by atoms with Gasteiger partial charge >= 0.3 is 0 Å². The topological polar surface area (TPSA) is 32.3 Å². The van der Waals surface area contributed by atoms with Crippen LogP contribution in [-0.2, 0) is 0 Å². The molecule has 0 heterocycles. The second kappa shape index (κ2) is 10.0.